The Labute approximate surface area is 160 Å². The van der Waals surface area contributed by atoms with Crippen LogP contribution < -0.4 is 15.0 Å². The van der Waals surface area contributed by atoms with Crippen molar-refractivity contribution in [3.8, 4) is 5.75 Å². The number of piperazine rings is 1. The molecule has 0 saturated carbocycles. The van der Waals surface area contributed by atoms with Gasteiger partial charge in [-0.2, -0.15) is 10.2 Å². The van der Waals surface area contributed by atoms with Crippen LogP contribution in [-0.4, -0.2) is 50.4 Å². The summed E-state index contributed by atoms with van der Waals surface area (Å²) in [6.07, 6.45) is 0.915. The number of methoxy groups -OCH3 is 1. The van der Waals surface area contributed by atoms with E-state index >= 15 is 0 Å². The molecule has 27 heavy (non-hydrogen) atoms. The second-order valence-electron chi connectivity index (χ2n) is 7.40. The summed E-state index contributed by atoms with van der Waals surface area (Å²) >= 11 is 0. The van der Waals surface area contributed by atoms with Crippen molar-refractivity contribution in [3.63, 3.8) is 0 Å². The Balaban J connectivity index is 1.32. The fourth-order valence-electron chi connectivity index (χ4n) is 3.67. The third kappa shape index (κ3) is 4.06. The topological polar surface area (TPSA) is 52.5 Å². The number of fused-ring (bicyclic) bond motifs is 1. The van der Waals surface area contributed by atoms with Crippen molar-refractivity contribution >= 4 is 17.1 Å². The molecule has 0 aromatic heterocycles. The summed E-state index contributed by atoms with van der Waals surface area (Å²) < 4.78 is 5.32. The molecular weight excluding hydrogens is 338 g/mol. The largest absolute Gasteiger partial charge is 0.497 e. The van der Waals surface area contributed by atoms with E-state index in [1.807, 2.05) is 18.2 Å². The molecule has 2 aromatic rings. The fourth-order valence-corrected chi connectivity index (χ4v) is 3.67. The number of azo groups is 1. The van der Waals surface area contributed by atoms with Crippen LogP contribution in [0.25, 0.3) is 0 Å². The van der Waals surface area contributed by atoms with Crippen LogP contribution in [0.3, 0.4) is 0 Å². The van der Waals surface area contributed by atoms with Gasteiger partial charge in [-0.05, 0) is 31.2 Å². The van der Waals surface area contributed by atoms with E-state index in [2.05, 4.69) is 62.6 Å². The molecular formula is C21H27N5O. The molecule has 6 heteroatoms. The molecule has 1 saturated heterocycles. The van der Waals surface area contributed by atoms with Crippen LogP contribution in [0.4, 0.5) is 17.1 Å². The minimum atomic E-state index is -0.379. The standard InChI is InChI=1S/C21H27N5O/c1-21(22-20-16-18(27-2)8-9-19(20)23-24-21)10-11-25-12-14-26(15-13-25)17-6-4-3-5-7-17/h3-9,16,22H,10-15H2,1-2H3. The number of anilines is 2. The number of para-hydroxylation sites is 1. The molecule has 1 N–H and O–H groups in total. The molecule has 142 valence electrons. The zero-order valence-corrected chi connectivity index (χ0v) is 16.1. The Hall–Kier alpha value is -2.60. The lowest BCUT2D eigenvalue weighted by Gasteiger charge is -2.38. The maximum atomic E-state index is 5.32. The lowest BCUT2D eigenvalue weighted by molar-refractivity contribution is 0.236. The highest BCUT2D eigenvalue weighted by atomic mass is 16.5. The SMILES string of the molecule is COc1ccc2c(c1)NC(C)(CCN1CCN(c3ccccc3)CC1)N=N2. The van der Waals surface area contributed by atoms with E-state index in [0.29, 0.717) is 0 Å². The first-order chi connectivity index (χ1) is 13.1. The molecule has 4 rings (SSSR count). The average molecular weight is 365 g/mol. The minimum absolute atomic E-state index is 0.379. The Bertz CT molecular complexity index is 801. The second kappa shape index (κ2) is 7.56. The molecule has 0 amide bonds. The van der Waals surface area contributed by atoms with E-state index in [4.69, 9.17) is 4.74 Å². The molecule has 1 unspecified atom stereocenters. The van der Waals surface area contributed by atoms with Crippen LogP contribution in [0.15, 0.2) is 58.8 Å². The van der Waals surface area contributed by atoms with Crippen LogP contribution in [0.1, 0.15) is 13.3 Å². The third-order valence-electron chi connectivity index (χ3n) is 5.39. The molecule has 1 atom stereocenters. The lowest BCUT2D eigenvalue weighted by atomic mass is 10.1. The van der Waals surface area contributed by atoms with Crippen molar-refractivity contribution < 1.29 is 4.74 Å². The summed E-state index contributed by atoms with van der Waals surface area (Å²) in [6, 6.07) is 16.5. The van der Waals surface area contributed by atoms with E-state index in [1.165, 1.54) is 5.69 Å². The smallest absolute Gasteiger partial charge is 0.149 e. The second-order valence-corrected chi connectivity index (χ2v) is 7.40. The normalized spacial score (nSPS) is 22.2. The summed E-state index contributed by atoms with van der Waals surface area (Å²) in [5, 5.41) is 12.5. The van der Waals surface area contributed by atoms with E-state index in [0.717, 1.165) is 56.3 Å². The van der Waals surface area contributed by atoms with Crippen molar-refractivity contribution in [3.05, 3.63) is 48.5 Å². The maximum absolute atomic E-state index is 5.32. The van der Waals surface area contributed by atoms with Gasteiger partial charge in [-0.15, -0.1) is 0 Å². The summed E-state index contributed by atoms with van der Waals surface area (Å²) in [4.78, 5) is 4.97. The van der Waals surface area contributed by atoms with Gasteiger partial charge in [0.2, 0.25) is 0 Å². The summed E-state index contributed by atoms with van der Waals surface area (Å²) in [7, 11) is 1.68. The van der Waals surface area contributed by atoms with Crippen molar-refractivity contribution in [2.24, 2.45) is 10.2 Å². The quantitative estimate of drug-likeness (QED) is 0.865. The van der Waals surface area contributed by atoms with Gasteiger partial charge in [-0.25, -0.2) is 0 Å². The van der Waals surface area contributed by atoms with Gasteiger partial charge in [0.05, 0.1) is 12.8 Å². The van der Waals surface area contributed by atoms with Gasteiger partial charge in [-0.1, -0.05) is 18.2 Å². The first-order valence-corrected chi connectivity index (χ1v) is 9.57. The monoisotopic (exact) mass is 365 g/mol. The third-order valence-corrected chi connectivity index (χ3v) is 5.39. The van der Waals surface area contributed by atoms with Gasteiger partial charge in [-0.3, -0.25) is 4.90 Å². The summed E-state index contributed by atoms with van der Waals surface area (Å²) in [5.41, 5.74) is 2.79. The molecule has 0 bridgehead atoms. The minimum Gasteiger partial charge on any atom is -0.497 e. The van der Waals surface area contributed by atoms with Gasteiger partial charge < -0.3 is 15.0 Å². The zero-order chi connectivity index (χ0) is 18.7. The van der Waals surface area contributed by atoms with Crippen molar-refractivity contribution in [2.75, 3.05) is 50.1 Å². The molecule has 0 spiro atoms. The lowest BCUT2D eigenvalue weighted by Crippen LogP contribution is -2.48. The van der Waals surface area contributed by atoms with Crippen LogP contribution >= 0.6 is 0 Å². The number of ether oxygens (including phenoxy) is 1. The summed E-state index contributed by atoms with van der Waals surface area (Å²) in [5.74, 6) is 0.831. The van der Waals surface area contributed by atoms with Crippen LogP contribution in [-0.2, 0) is 0 Å². The zero-order valence-electron chi connectivity index (χ0n) is 16.1. The molecule has 2 aliphatic rings. The van der Waals surface area contributed by atoms with E-state index < -0.39 is 0 Å². The molecule has 1 fully saturated rings. The van der Waals surface area contributed by atoms with Crippen LogP contribution in [0.2, 0.25) is 0 Å². The molecule has 0 radical (unpaired) electrons. The highest BCUT2D eigenvalue weighted by Gasteiger charge is 2.29. The van der Waals surface area contributed by atoms with Gasteiger partial charge in [0.15, 0.2) is 0 Å². The molecule has 0 aliphatic carbocycles. The molecule has 6 nitrogen and oxygen atoms in total. The Morgan fingerprint density at radius 2 is 1.85 bits per heavy atom. The average Bonchev–Trinajstić information content (AvgIpc) is 2.73. The van der Waals surface area contributed by atoms with E-state index in [9.17, 15) is 0 Å². The molecule has 2 aliphatic heterocycles. The van der Waals surface area contributed by atoms with Gasteiger partial charge in [0.1, 0.15) is 17.1 Å². The fraction of sp³-hybridized carbons (Fsp3) is 0.429. The van der Waals surface area contributed by atoms with Crippen LogP contribution in [0.5, 0.6) is 5.75 Å². The first-order valence-electron chi connectivity index (χ1n) is 9.57. The van der Waals surface area contributed by atoms with Crippen LogP contribution in [0, 0.1) is 0 Å². The highest BCUT2D eigenvalue weighted by Crippen LogP contribution is 2.37. The Kier molecular flexibility index (Phi) is 4.99. The molecule has 2 heterocycles. The maximum Gasteiger partial charge on any atom is 0.149 e. The number of rotatable bonds is 5. The number of hydrogen-bond acceptors (Lipinski definition) is 6. The Morgan fingerprint density at radius 1 is 1.07 bits per heavy atom. The predicted molar refractivity (Wildman–Crippen MR) is 109 cm³/mol. The van der Waals surface area contributed by atoms with Crippen molar-refractivity contribution in [1.82, 2.24) is 4.90 Å². The number of benzene rings is 2. The number of nitrogens with one attached hydrogen (secondary N) is 1. The summed E-state index contributed by atoms with van der Waals surface area (Å²) in [6.45, 7) is 7.40. The Morgan fingerprint density at radius 3 is 2.59 bits per heavy atom. The highest BCUT2D eigenvalue weighted by molar-refractivity contribution is 5.69. The number of hydrogen-bond donors (Lipinski definition) is 1. The number of nitrogens with zero attached hydrogens (tertiary/aromatic N) is 4. The van der Waals surface area contributed by atoms with Gasteiger partial charge >= 0.3 is 0 Å². The van der Waals surface area contributed by atoms with Crippen molar-refractivity contribution in [1.29, 1.82) is 0 Å². The van der Waals surface area contributed by atoms with E-state index in [1.54, 1.807) is 7.11 Å². The molecule has 2 aromatic carbocycles. The van der Waals surface area contributed by atoms with Gasteiger partial charge in [0, 0.05) is 50.9 Å². The predicted octanol–water partition coefficient (Wildman–Crippen LogP) is 4.13. The first kappa shape index (κ1) is 17.8. The van der Waals surface area contributed by atoms with E-state index in [-0.39, 0.29) is 5.66 Å². The van der Waals surface area contributed by atoms with Crippen molar-refractivity contribution in [2.45, 2.75) is 19.0 Å². The van der Waals surface area contributed by atoms with Gasteiger partial charge in [0.25, 0.3) is 0 Å².